The van der Waals surface area contributed by atoms with E-state index in [2.05, 4.69) is 36.3 Å². The van der Waals surface area contributed by atoms with Crippen LogP contribution in [-0.4, -0.2) is 31.6 Å². The molecular formula is C12H20N2. The molecule has 0 aromatic rings. The van der Waals surface area contributed by atoms with E-state index >= 15 is 0 Å². The second kappa shape index (κ2) is 4.18. The Kier molecular flexibility index (Phi) is 2.92. The van der Waals surface area contributed by atoms with E-state index in [-0.39, 0.29) is 0 Å². The van der Waals surface area contributed by atoms with Gasteiger partial charge in [0.2, 0.25) is 0 Å². The maximum absolute atomic E-state index is 3.53. The average molecular weight is 192 g/mol. The normalized spacial score (nSPS) is 29.1. The predicted molar refractivity (Wildman–Crippen MR) is 60.1 cm³/mol. The van der Waals surface area contributed by atoms with E-state index in [1.54, 1.807) is 0 Å². The van der Waals surface area contributed by atoms with Gasteiger partial charge in [-0.25, -0.2) is 0 Å². The molecule has 2 rings (SSSR count). The average Bonchev–Trinajstić information content (AvgIpc) is 2.21. The standard InChI is InChI=1S/C12H20N2/c1-10-3-4-12(13-9-10)11-5-7-14(2)8-6-11/h4-5,10,13H,3,6-9H2,1-2H3. The van der Waals surface area contributed by atoms with Crippen LogP contribution in [0.25, 0.3) is 0 Å². The zero-order valence-electron chi connectivity index (χ0n) is 9.21. The summed E-state index contributed by atoms with van der Waals surface area (Å²) in [6, 6.07) is 0. The molecule has 14 heavy (non-hydrogen) atoms. The van der Waals surface area contributed by atoms with Gasteiger partial charge in [-0.05, 0) is 31.4 Å². The SMILES string of the molecule is CC1CC=C(C2=CCN(C)CC2)NC1. The number of nitrogens with one attached hydrogen (secondary N) is 1. The van der Waals surface area contributed by atoms with Gasteiger partial charge in [0.25, 0.3) is 0 Å². The van der Waals surface area contributed by atoms with Crippen molar-refractivity contribution in [1.29, 1.82) is 0 Å². The lowest BCUT2D eigenvalue weighted by Crippen LogP contribution is -2.30. The van der Waals surface area contributed by atoms with Gasteiger partial charge in [-0.15, -0.1) is 0 Å². The summed E-state index contributed by atoms with van der Waals surface area (Å²) in [7, 11) is 2.18. The van der Waals surface area contributed by atoms with Gasteiger partial charge in [0.1, 0.15) is 0 Å². The first-order valence-corrected chi connectivity index (χ1v) is 5.57. The fraction of sp³-hybridized carbons (Fsp3) is 0.667. The van der Waals surface area contributed by atoms with E-state index in [1.165, 1.54) is 30.7 Å². The Morgan fingerprint density at radius 2 is 2.29 bits per heavy atom. The Labute approximate surface area is 86.7 Å². The van der Waals surface area contributed by atoms with Crippen LogP contribution in [-0.2, 0) is 0 Å². The lowest BCUT2D eigenvalue weighted by atomic mass is 9.97. The lowest BCUT2D eigenvalue weighted by Gasteiger charge is -2.27. The van der Waals surface area contributed by atoms with Crippen molar-refractivity contribution < 1.29 is 0 Å². The highest BCUT2D eigenvalue weighted by Crippen LogP contribution is 2.21. The van der Waals surface area contributed by atoms with Gasteiger partial charge in [0.05, 0.1) is 0 Å². The fourth-order valence-corrected chi connectivity index (χ4v) is 2.02. The van der Waals surface area contributed by atoms with E-state index in [1.807, 2.05) is 0 Å². The number of rotatable bonds is 1. The third-order valence-corrected chi connectivity index (χ3v) is 3.12. The lowest BCUT2D eigenvalue weighted by molar-refractivity contribution is 0.358. The third kappa shape index (κ3) is 2.18. The molecule has 0 fully saturated rings. The quantitative estimate of drug-likeness (QED) is 0.681. The van der Waals surface area contributed by atoms with Crippen molar-refractivity contribution in [2.75, 3.05) is 26.7 Å². The van der Waals surface area contributed by atoms with E-state index in [4.69, 9.17) is 0 Å². The molecule has 2 aliphatic rings. The summed E-state index contributed by atoms with van der Waals surface area (Å²) in [5, 5.41) is 3.53. The van der Waals surface area contributed by atoms with Crippen molar-refractivity contribution in [3.05, 3.63) is 23.4 Å². The Balaban J connectivity index is 2.02. The summed E-state index contributed by atoms with van der Waals surface area (Å²) >= 11 is 0. The van der Waals surface area contributed by atoms with Crippen LogP contribution in [0.2, 0.25) is 0 Å². The van der Waals surface area contributed by atoms with Crippen LogP contribution in [0.4, 0.5) is 0 Å². The minimum atomic E-state index is 0.797. The second-order valence-corrected chi connectivity index (χ2v) is 4.58. The molecule has 2 heterocycles. The number of hydrogen-bond acceptors (Lipinski definition) is 2. The summed E-state index contributed by atoms with van der Waals surface area (Å²) in [6.07, 6.45) is 7.16. The zero-order valence-corrected chi connectivity index (χ0v) is 9.21. The molecule has 78 valence electrons. The van der Waals surface area contributed by atoms with Crippen molar-refractivity contribution in [1.82, 2.24) is 10.2 Å². The Hall–Kier alpha value is -0.760. The number of hydrogen-bond donors (Lipinski definition) is 1. The first-order chi connectivity index (χ1) is 6.75. The summed E-state index contributed by atoms with van der Waals surface area (Å²) in [6.45, 7) is 5.73. The molecule has 0 bridgehead atoms. The van der Waals surface area contributed by atoms with Gasteiger partial charge < -0.3 is 10.2 Å². The highest BCUT2D eigenvalue weighted by atomic mass is 15.1. The molecule has 0 aromatic heterocycles. The molecule has 0 radical (unpaired) electrons. The summed E-state index contributed by atoms with van der Waals surface area (Å²) in [5.74, 6) is 0.797. The van der Waals surface area contributed by atoms with E-state index in [9.17, 15) is 0 Å². The van der Waals surface area contributed by atoms with Crippen LogP contribution in [0.15, 0.2) is 23.4 Å². The molecule has 1 N–H and O–H groups in total. The van der Waals surface area contributed by atoms with Crippen molar-refractivity contribution in [2.24, 2.45) is 5.92 Å². The monoisotopic (exact) mass is 192 g/mol. The summed E-state index contributed by atoms with van der Waals surface area (Å²) in [5.41, 5.74) is 2.92. The summed E-state index contributed by atoms with van der Waals surface area (Å²) < 4.78 is 0. The molecular weight excluding hydrogens is 172 g/mol. The van der Waals surface area contributed by atoms with Crippen LogP contribution in [0.3, 0.4) is 0 Å². The van der Waals surface area contributed by atoms with E-state index in [0.717, 1.165) is 19.0 Å². The minimum absolute atomic E-state index is 0.797. The van der Waals surface area contributed by atoms with Crippen LogP contribution >= 0.6 is 0 Å². The Bertz CT molecular complexity index is 237. The van der Waals surface area contributed by atoms with Crippen molar-refractivity contribution in [3.8, 4) is 0 Å². The van der Waals surface area contributed by atoms with Gasteiger partial charge in [-0.1, -0.05) is 19.1 Å². The molecule has 0 saturated carbocycles. The molecule has 1 atom stereocenters. The van der Waals surface area contributed by atoms with Crippen molar-refractivity contribution in [2.45, 2.75) is 19.8 Å². The van der Waals surface area contributed by atoms with Crippen LogP contribution in [0.1, 0.15) is 19.8 Å². The topological polar surface area (TPSA) is 15.3 Å². The molecule has 2 aliphatic heterocycles. The molecule has 2 nitrogen and oxygen atoms in total. The Morgan fingerprint density at radius 3 is 2.86 bits per heavy atom. The summed E-state index contributed by atoms with van der Waals surface area (Å²) in [4.78, 5) is 2.36. The van der Waals surface area contributed by atoms with Gasteiger partial charge in [0.15, 0.2) is 0 Å². The number of allylic oxidation sites excluding steroid dienone is 2. The molecule has 2 heteroatoms. The maximum atomic E-state index is 3.53. The van der Waals surface area contributed by atoms with Gasteiger partial charge >= 0.3 is 0 Å². The van der Waals surface area contributed by atoms with Crippen LogP contribution < -0.4 is 5.32 Å². The first kappa shape index (κ1) is 9.78. The largest absolute Gasteiger partial charge is 0.385 e. The molecule has 0 saturated heterocycles. The van der Waals surface area contributed by atoms with Crippen LogP contribution in [0.5, 0.6) is 0 Å². The van der Waals surface area contributed by atoms with Crippen molar-refractivity contribution >= 4 is 0 Å². The minimum Gasteiger partial charge on any atom is -0.385 e. The number of nitrogens with zero attached hydrogens (tertiary/aromatic N) is 1. The second-order valence-electron chi connectivity index (χ2n) is 4.58. The molecule has 1 unspecified atom stereocenters. The molecule has 0 aromatic carbocycles. The predicted octanol–water partition coefficient (Wildman–Crippen LogP) is 1.76. The van der Waals surface area contributed by atoms with Crippen molar-refractivity contribution in [3.63, 3.8) is 0 Å². The molecule has 0 spiro atoms. The van der Waals surface area contributed by atoms with Gasteiger partial charge in [0, 0.05) is 25.3 Å². The van der Waals surface area contributed by atoms with Gasteiger partial charge in [-0.2, -0.15) is 0 Å². The zero-order chi connectivity index (χ0) is 9.97. The smallest absolute Gasteiger partial charge is 0.0330 e. The molecule has 0 amide bonds. The van der Waals surface area contributed by atoms with Gasteiger partial charge in [-0.3, -0.25) is 0 Å². The number of likely N-dealkylation sites (N-methyl/N-ethyl adjacent to an activating group) is 1. The highest BCUT2D eigenvalue weighted by Gasteiger charge is 2.15. The van der Waals surface area contributed by atoms with E-state index in [0.29, 0.717) is 0 Å². The maximum Gasteiger partial charge on any atom is 0.0330 e. The fourth-order valence-electron chi connectivity index (χ4n) is 2.02. The first-order valence-electron chi connectivity index (χ1n) is 5.57. The Morgan fingerprint density at radius 1 is 1.43 bits per heavy atom. The highest BCUT2D eigenvalue weighted by molar-refractivity contribution is 5.32. The van der Waals surface area contributed by atoms with E-state index < -0.39 is 0 Å². The third-order valence-electron chi connectivity index (χ3n) is 3.12. The molecule has 0 aliphatic carbocycles. The van der Waals surface area contributed by atoms with Crippen LogP contribution in [0, 0.1) is 5.92 Å².